The van der Waals surface area contributed by atoms with E-state index in [1.54, 1.807) is 24.3 Å². The summed E-state index contributed by atoms with van der Waals surface area (Å²) in [5.41, 5.74) is 3.04. The number of rotatable bonds is 7. The second-order valence-electron chi connectivity index (χ2n) is 6.68. The van der Waals surface area contributed by atoms with Crippen LogP contribution in [0.2, 0.25) is 0 Å². The summed E-state index contributed by atoms with van der Waals surface area (Å²) in [4.78, 5) is 26.0. The van der Waals surface area contributed by atoms with Crippen molar-refractivity contribution in [2.24, 2.45) is 0 Å². The third kappa shape index (κ3) is 4.02. The first-order chi connectivity index (χ1) is 14.0. The van der Waals surface area contributed by atoms with Crippen LogP contribution in [0, 0.1) is 13.8 Å². The first-order valence-corrected chi connectivity index (χ1v) is 10.1. The highest BCUT2D eigenvalue weighted by Crippen LogP contribution is 2.24. The van der Waals surface area contributed by atoms with Crippen molar-refractivity contribution in [3.05, 3.63) is 70.6 Å². The SMILES string of the molecule is Cc1ccc(C)c(OCc2nnc(SCCN3C(=O)c4ccccc4C3=O)o2)c1. The molecule has 0 saturated carbocycles. The van der Waals surface area contributed by atoms with Crippen molar-refractivity contribution in [2.45, 2.75) is 25.7 Å². The molecule has 0 bridgehead atoms. The lowest BCUT2D eigenvalue weighted by molar-refractivity contribution is 0.0664. The lowest BCUT2D eigenvalue weighted by atomic mass is 10.1. The Balaban J connectivity index is 1.30. The lowest BCUT2D eigenvalue weighted by Crippen LogP contribution is -2.31. The predicted molar refractivity (Wildman–Crippen MR) is 107 cm³/mol. The Bertz CT molecular complexity index is 1040. The molecule has 0 spiro atoms. The molecule has 4 rings (SSSR count). The van der Waals surface area contributed by atoms with E-state index in [9.17, 15) is 9.59 Å². The Morgan fingerprint density at radius 3 is 2.48 bits per heavy atom. The minimum Gasteiger partial charge on any atom is -0.484 e. The van der Waals surface area contributed by atoms with Gasteiger partial charge in [-0.15, -0.1) is 10.2 Å². The first kappa shape index (κ1) is 19.2. The van der Waals surface area contributed by atoms with E-state index >= 15 is 0 Å². The number of imide groups is 1. The van der Waals surface area contributed by atoms with E-state index in [0.29, 0.717) is 28.0 Å². The van der Waals surface area contributed by atoms with E-state index in [1.165, 1.54) is 16.7 Å². The van der Waals surface area contributed by atoms with E-state index in [4.69, 9.17) is 9.15 Å². The van der Waals surface area contributed by atoms with Crippen LogP contribution in [-0.2, 0) is 6.61 Å². The number of amides is 2. The van der Waals surface area contributed by atoms with Crippen LogP contribution in [0.1, 0.15) is 37.7 Å². The highest BCUT2D eigenvalue weighted by atomic mass is 32.2. The molecule has 2 amide bonds. The van der Waals surface area contributed by atoms with Crippen molar-refractivity contribution in [2.75, 3.05) is 12.3 Å². The minimum absolute atomic E-state index is 0.177. The second kappa shape index (κ2) is 8.08. The molecular weight excluding hydrogens is 390 g/mol. The number of hydrogen-bond donors (Lipinski definition) is 0. The van der Waals surface area contributed by atoms with E-state index in [2.05, 4.69) is 10.2 Å². The fraction of sp³-hybridized carbons (Fsp3) is 0.238. The van der Waals surface area contributed by atoms with Crippen molar-refractivity contribution in [1.82, 2.24) is 15.1 Å². The zero-order valence-corrected chi connectivity index (χ0v) is 16.9. The zero-order valence-electron chi connectivity index (χ0n) is 16.0. The summed E-state index contributed by atoms with van der Waals surface area (Å²) in [5.74, 6) is 1.08. The molecule has 8 heteroatoms. The van der Waals surface area contributed by atoms with Crippen LogP contribution in [0.25, 0.3) is 0 Å². The second-order valence-corrected chi connectivity index (χ2v) is 7.72. The maximum Gasteiger partial charge on any atom is 0.276 e. The van der Waals surface area contributed by atoms with Crippen LogP contribution in [0.5, 0.6) is 5.75 Å². The fourth-order valence-electron chi connectivity index (χ4n) is 3.02. The molecule has 0 N–H and O–H groups in total. The molecule has 0 aliphatic carbocycles. The molecule has 2 heterocycles. The van der Waals surface area contributed by atoms with Gasteiger partial charge in [0.05, 0.1) is 11.1 Å². The van der Waals surface area contributed by atoms with Gasteiger partial charge in [-0.1, -0.05) is 36.0 Å². The summed E-state index contributed by atoms with van der Waals surface area (Å²) in [6.07, 6.45) is 0. The number of thioether (sulfide) groups is 1. The lowest BCUT2D eigenvalue weighted by Gasteiger charge is -2.12. The van der Waals surface area contributed by atoms with Gasteiger partial charge < -0.3 is 9.15 Å². The van der Waals surface area contributed by atoms with E-state index in [0.717, 1.165) is 16.9 Å². The van der Waals surface area contributed by atoms with E-state index < -0.39 is 0 Å². The number of carbonyl (C=O) groups is 2. The normalized spacial score (nSPS) is 13.1. The summed E-state index contributed by atoms with van der Waals surface area (Å²) in [5, 5.41) is 8.35. The van der Waals surface area contributed by atoms with Gasteiger partial charge >= 0.3 is 0 Å². The summed E-state index contributed by atoms with van der Waals surface area (Å²) >= 11 is 1.30. The quantitative estimate of drug-likeness (QED) is 0.435. The summed E-state index contributed by atoms with van der Waals surface area (Å²) in [6.45, 7) is 4.43. The molecule has 3 aromatic rings. The van der Waals surface area contributed by atoms with Gasteiger partial charge in [0.25, 0.3) is 22.9 Å². The monoisotopic (exact) mass is 409 g/mol. The fourth-order valence-corrected chi connectivity index (χ4v) is 3.73. The van der Waals surface area contributed by atoms with Crippen molar-refractivity contribution in [1.29, 1.82) is 0 Å². The Labute approximate surface area is 172 Å². The van der Waals surface area contributed by atoms with Crippen LogP contribution in [0.15, 0.2) is 52.1 Å². The van der Waals surface area contributed by atoms with Crippen LogP contribution in [-0.4, -0.2) is 39.2 Å². The van der Waals surface area contributed by atoms with Crippen LogP contribution in [0.4, 0.5) is 0 Å². The third-order valence-electron chi connectivity index (χ3n) is 4.56. The molecule has 1 aromatic heterocycles. The molecule has 2 aromatic carbocycles. The van der Waals surface area contributed by atoms with Gasteiger partial charge in [-0.3, -0.25) is 14.5 Å². The van der Waals surface area contributed by atoms with Gasteiger partial charge in [0.1, 0.15) is 5.75 Å². The number of benzene rings is 2. The molecule has 0 atom stereocenters. The maximum atomic E-state index is 12.4. The van der Waals surface area contributed by atoms with Crippen molar-refractivity contribution in [3.63, 3.8) is 0 Å². The molecule has 7 nitrogen and oxygen atoms in total. The highest BCUT2D eigenvalue weighted by molar-refractivity contribution is 7.99. The van der Waals surface area contributed by atoms with E-state index in [-0.39, 0.29) is 25.0 Å². The van der Waals surface area contributed by atoms with Crippen LogP contribution in [0.3, 0.4) is 0 Å². The van der Waals surface area contributed by atoms with E-state index in [1.807, 2.05) is 32.0 Å². The number of carbonyl (C=O) groups excluding carboxylic acids is 2. The number of ether oxygens (including phenoxy) is 1. The predicted octanol–water partition coefficient (Wildman–Crippen LogP) is 3.65. The summed E-state index contributed by atoms with van der Waals surface area (Å²) < 4.78 is 11.3. The minimum atomic E-state index is -0.264. The molecule has 0 saturated heterocycles. The summed E-state index contributed by atoms with van der Waals surface area (Å²) in [6, 6.07) is 12.8. The molecule has 0 fully saturated rings. The highest BCUT2D eigenvalue weighted by Gasteiger charge is 2.34. The van der Waals surface area contributed by atoms with Crippen molar-refractivity contribution in [3.8, 4) is 5.75 Å². The van der Waals surface area contributed by atoms with Crippen LogP contribution < -0.4 is 4.74 Å². The third-order valence-corrected chi connectivity index (χ3v) is 5.36. The molecule has 1 aliphatic heterocycles. The van der Waals surface area contributed by atoms with Gasteiger partial charge in [0.2, 0.25) is 0 Å². The Morgan fingerprint density at radius 2 is 1.76 bits per heavy atom. The number of aryl methyl sites for hydroxylation is 2. The average Bonchev–Trinajstić information content (AvgIpc) is 3.27. The standard InChI is InChI=1S/C21H19N3O4S/c1-13-7-8-14(2)17(11-13)27-12-18-22-23-21(28-18)29-10-9-24-19(25)15-5-3-4-6-16(15)20(24)26/h3-8,11H,9-10,12H2,1-2H3. The Kier molecular flexibility index (Phi) is 5.35. The Hall–Kier alpha value is -3.13. The van der Waals surface area contributed by atoms with Gasteiger partial charge in [-0.25, -0.2) is 0 Å². The van der Waals surface area contributed by atoms with Crippen LogP contribution >= 0.6 is 11.8 Å². The van der Waals surface area contributed by atoms with Gasteiger partial charge in [-0.05, 0) is 43.2 Å². The molecule has 29 heavy (non-hydrogen) atoms. The van der Waals surface area contributed by atoms with Crippen molar-refractivity contribution < 1.29 is 18.7 Å². The van der Waals surface area contributed by atoms with Crippen molar-refractivity contribution >= 4 is 23.6 Å². The Morgan fingerprint density at radius 1 is 1.03 bits per heavy atom. The number of nitrogens with zero attached hydrogens (tertiary/aromatic N) is 3. The smallest absolute Gasteiger partial charge is 0.276 e. The molecule has 148 valence electrons. The first-order valence-electron chi connectivity index (χ1n) is 9.13. The number of hydrogen-bond acceptors (Lipinski definition) is 7. The zero-order chi connectivity index (χ0) is 20.4. The molecule has 0 radical (unpaired) electrons. The number of fused-ring (bicyclic) bond motifs is 1. The molecular formula is C21H19N3O4S. The largest absolute Gasteiger partial charge is 0.484 e. The average molecular weight is 409 g/mol. The topological polar surface area (TPSA) is 85.5 Å². The maximum absolute atomic E-state index is 12.4. The van der Waals surface area contributed by atoms with Gasteiger partial charge in [-0.2, -0.15) is 0 Å². The van der Waals surface area contributed by atoms with Gasteiger partial charge in [0.15, 0.2) is 6.61 Å². The number of aromatic nitrogens is 2. The van der Waals surface area contributed by atoms with Gasteiger partial charge in [0, 0.05) is 12.3 Å². The molecule has 0 unspecified atom stereocenters. The summed E-state index contributed by atoms with van der Waals surface area (Å²) in [7, 11) is 0. The molecule has 1 aliphatic rings.